The number of anilines is 1. The molecule has 2 aromatic carbocycles. The molecule has 0 spiro atoms. The lowest BCUT2D eigenvalue weighted by Gasteiger charge is -2.14. The molecule has 1 fully saturated rings. The Morgan fingerprint density at radius 2 is 1.97 bits per heavy atom. The number of hydrogen-bond acceptors (Lipinski definition) is 8. The molecule has 34 heavy (non-hydrogen) atoms. The third kappa shape index (κ3) is 6.55. The third-order valence-corrected chi connectivity index (χ3v) is 6.42. The number of nitrogens with zero attached hydrogens (tertiary/aromatic N) is 2. The minimum absolute atomic E-state index is 0.000383. The van der Waals surface area contributed by atoms with Gasteiger partial charge in [0.05, 0.1) is 22.6 Å². The Morgan fingerprint density at radius 3 is 2.65 bits per heavy atom. The number of nitro groups is 1. The van der Waals surface area contributed by atoms with Gasteiger partial charge in [0, 0.05) is 25.1 Å². The fourth-order valence-electron chi connectivity index (χ4n) is 3.23. The van der Waals surface area contributed by atoms with Crippen molar-refractivity contribution in [2.45, 2.75) is 25.7 Å². The Hall–Kier alpha value is -3.44. The first kappa shape index (κ1) is 25.2. The number of hydrogen-bond donors (Lipinski definition) is 2. The number of amides is 2. The Labute approximate surface area is 205 Å². The van der Waals surface area contributed by atoms with E-state index in [4.69, 9.17) is 17.0 Å². The summed E-state index contributed by atoms with van der Waals surface area (Å²) in [5.41, 5.74) is 0.653. The molecule has 0 atom stereocenters. The second-order valence-electron chi connectivity index (χ2n) is 7.42. The van der Waals surface area contributed by atoms with Gasteiger partial charge in [-0.25, -0.2) is 0 Å². The van der Waals surface area contributed by atoms with Crippen molar-refractivity contribution >= 4 is 57.6 Å². The van der Waals surface area contributed by atoms with Gasteiger partial charge in [0.2, 0.25) is 5.91 Å². The van der Waals surface area contributed by atoms with Crippen LogP contribution in [0.5, 0.6) is 11.5 Å². The van der Waals surface area contributed by atoms with E-state index in [1.54, 1.807) is 18.1 Å². The molecule has 0 bridgehead atoms. The summed E-state index contributed by atoms with van der Waals surface area (Å²) in [5.74, 6) is 0.00446. The van der Waals surface area contributed by atoms with Crippen LogP contribution in [0.2, 0.25) is 0 Å². The predicted octanol–water partition coefficient (Wildman–Crippen LogP) is 4.71. The molecule has 9 nitrogen and oxygen atoms in total. The van der Waals surface area contributed by atoms with E-state index in [2.05, 4.69) is 5.32 Å². The average Bonchev–Trinajstić information content (AvgIpc) is 3.07. The number of thioether (sulfide) groups is 1. The number of rotatable bonds is 10. The maximum atomic E-state index is 12.7. The number of unbranched alkanes of at least 4 members (excludes halogenated alkanes) is 2. The van der Waals surface area contributed by atoms with Crippen LogP contribution in [0.1, 0.15) is 31.2 Å². The SMILES string of the molecule is COc1ccc(C=C2SC(=S)N(CCCCCC(=O)Nc3cc([N+](=O)[O-])ccc3O)C2=O)cc1. The van der Waals surface area contributed by atoms with Crippen LogP contribution < -0.4 is 10.1 Å². The van der Waals surface area contributed by atoms with Gasteiger partial charge in [0.25, 0.3) is 11.6 Å². The summed E-state index contributed by atoms with van der Waals surface area (Å²) in [5, 5.41) is 23.1. The van der Waals surface area contributed by atoms with E-state index in [-0.39, 0.29) is 35.4 Å². The molecule has 2 amide bonds. The Kier molecular flexibility index (Phi) is 8.61. The largest absolute Gasteiger partial charge is 0.506 e. The van der Waals surface area contributed by atoms with E-state index in [9.17, 15) is 24.8 Å². The number of thiocarbonyl (C=S) groups is 1. The molecule has 3 rings (SSSR count). The molecule has 0 aromatic heterocycles. The van der Waals surface area contributed by atoms with Gasteiger partial charge in [-0.15, -0.1) is 0 Å². The van der Waals surface area contributed by atoms with Gasteiger partial charge >= 0.3 is 0 Å². The number of nitro benzene ring substituents is 1. The number of aromatic hydroxyl groups is 1. The first-order valence-corrected chi connectivity index (χ1v) is 11.7. The molecule has 2 aromatic rings. The number of nitrogens with one attached hydrogen (secondary N) is 1. The van der Waals surface area contributed by atoms with Crippen molar-refractivity contribution in [1.82, 2.24) is 4.90 Å². The zero-order valence-corrected chi connectivity index (χ0v) is 20.0. The van der Waals surface area contributed by atoms with Crippen LogP contribution in [0.3, 0.4) is 0 Å². The van der Waals surface area contributed by atoms with Crippen molar-refractivity contribution < 1.29 is 24.4 Å². The quantitative estimate of drug-likeness (QED) is 0.120. The zero-order valence-electron chi connectivity index (χ0n) is 18.4. The molecule has 11 heteroatoms. The first-order chi connectivity index (χ1) is 16.3. The van der Waals surface area contributed by atoms with Gasteiger partial charge in [-0.05, 0) is 42.7 Å². The maximum Gasteiger partial charge on any atom is 0.271 e. The van der Waals surface area contributed by atoms with Crippen molar-refractivity contribution in [2.75, 3.05) is 19.0 Å². The number of carbonyl (C=O) groups excluding carboxylic acids is 2. The predicted molar refractivity (Wildman–Crippen MR) is 135 cm³/mol. The smallest absolute Gasteiger partial charge is 0.271 e. The molecule has 0 unspecified atom stereocenters. The third-order valence-electron chi connectivity index (χ3n) is 5.04. The molecular weight excluding hydrogens is 478 g/mol. The van der Waals surface area contributed by atoms with Crippen LogP contribution in [0, 0.1) is 10.1 Å². The van der Waals surface area contributed by atoms with E-state index in [1.165, 1.54) is 17.8 Å². The van der Waals surface area contributed by atoms with Gasteiger partial charge in [-0.3, -0.25) is 24.6 Å². The van der Waals surface area contributed by atoms with Crippen molar-refractivity contribution in [3.63, 3.8) is 0 Å². The lowest BCUT2D eigenvalue weighted by molar-refractivity contribution is -0.384. The number of carbonyl (C=O) groups is 2. The minimum Gasteiger partial charge on any atom is -0.506 e. The fraction of sp³-hybridized carbons (Fsp3) is 0.261. The molecule has 1 aliphatic heterocycles. The lowest BCUT2D eigenvalue weighted by atomic mass is 10.1. The Morgan fingerprint density at radius 1 is 1.24 bits per heavy atom. The van der Waals surface area contributed by atoms with E-state index < -0.39 is 4.92 Å². The Bertz CT molecular complexity index is 1130. The van der Waals surface area contributed by atoms with Crippen molar-refractivity contribution in [2.24, 2.45) is 0 Å². The van der Waals surface area contributed by atoms with Crippen LogP contribution in [0.15, 0.2) is 47.4 Å². The van der Waals surface area contributed by atoms with Crippen LogP contribution in [-0.4, -0.2) is 44.7 Å². The zero-order chi connectivity index (χ0) is 24.7. The van der Waals surface area contributed by atoms with Crippen LogP contribution in [-0.2, 0) is 9.59 Å². The number of methoxy groups -OCH3 is 1. The molecule has 2 N–H and O–H groups in total. The number of ether oxygens (including phenoxy) is 1. The molecule has 1 heterocycles. The number of non-ortho nitro benzene ring substituents is 1. The maximum absolute atomic E-state index is 12.7. The van der Waals surface area contributed by atoms with E-state index in [0.717, 1.165) is 23.4 Å². The summed E-state index contributed by atoms with van der Waals surface area (Å²) in [6, 6.07) is 10.8. The number of benzene rings is 2. The second kappa shape index (κ2) is 11.6. The summed E-state index contributed by atoms with van der Waals surface area (Å²) in [6.45, 7) is 0.456. The van der Waals surface area contributed by atoms with Gasteiger partial charge in [-0.1, -0.05) is 42.5 Å². The number of phenols is 1. The van der Waals surface area contributed by atoms with Gasteiger partial charge in [0.1, 0.15) is 15.8 Å². The second-order valence-corrected chi connectivity index (χ2v) is 9.10. The van der Waals surface area contributed by atoms with Crippen LogP contribution in [0.25, 0.3) is 6.08 Å². The highest BCUT2D eigenvalue weighted by atomic mass is 32.2. The van der Waals surface area contributed by atoms with Crippen molar-refractivity contribution in [1.29, 1.82) is 0 Å². The Balaban J connectivity index is 1.44. The van der Waals surface area contributed by atoms with Gasteiger partial charge in [0.15, 0.2) is 0 Å². The summed E-state index contributed by atoms with van der Waals surface area (Å²) < 4.78 is 5.64. The van der Waals surface area contributed by atoms with Crippen LogP contribution >= 0.6 is 24.0 Å². The number of phenolic OH excluding ortho intramolecular Hbond substituents is 1. The molecular formula is C23H23N3O6S2. The van der Waals surface area contributed by atoms with E-state index >= 15 is 0 Å². The summed E-state index contributed by atoms with van der Waals surface area (Å²) in [4.78, 5) is 37.2. The first-order valence-electron chi connectivity index (χ1n) is 10.4. The molecule has 0 aliphatic carbocycles. The normalized spacial score (nSPS) is 14.5. The van der Waals surface area contributed by atoms with E-state index in [0.29, 0.717) is 35.0 Å². The summed E-state index contributed by atoms with van der Waals surface area (Å²) in [6.07, 6.45) is 3.88. The summed E-state index contributed by atoms with van der Waals surface area (Å²) in [7, 11) is 1.59. The van der Waals surface area contributed by atoms with Crippen molar-refractivity contribution in [3.8, 4) is 11.5 Å². The van der Waals surface area contributed by atoms with E-state index in [1.807, 2.05) is 24.3 Å². The molecule has 178 valence electrons. The molecule has 1 saturated heterocycles. The van der Waals surface area contributed by atoms with Gasteiger partial charge in [-0.2, -0.15) is 0 Å². The average molecular weight is 502 g/mol. The highest BCUT2D eigenvalue weighted by molar-refractivity contribution is 8.26. The minimum atomic E-state index is -0.602. The fourth-order valence-corrected chi connectivity index (χ4v) is 4.54. The molecule has 0 saturated carbocycles. The van der Waals surface area contributed by atoms with Crippen molar-refractivity contribution in [3.05, 3.63) is 63.0 Å². The lowest BCUT2D eigenvalue weighted by Crippen LogP contribution is -2.29. The van der Waals surface area contributed by atoms with Crippen LogP contribution in [0.4, 0.5) is 11.4 Å². The van der Waals surface area contributed by atoms with Gasteiger partial charge < -0.3 is 15.2 Å². The topological polar surface area (TPSA) is 122 Å². The molecule has 1 aliphatic rings. The highest BCUT2D eigenvalue weighted by Gasteiger charge is 2.31. The monoisotopic (exact) mass is 501 g/mol. The highest BCUT2D eigenvalue weighted by Crippen LogP contribution is 2.33. The standard InChI is InChI=1S/C23H23N3O6S2/c1-32-17-9-6-15(7-10-17)13-20-22(29)25(23(33)34-20)12-4-2-3-5-21(28)24-18-14-16(26(30)31)8-11-19(18)27/h6-11,13-14,27H,2-5,12H2,1H3,(H,24,28). The molecule has 0 radical (unpaired) electrons. The summed E-state index contributed by atoms with van der Waals surface area (Å²) >= 11 is 6.62.